The fourth-order valence-corrected chi connectivity index (χ4v) is 4.70. The average Bonchev–Trinajstić information content (AvgIpc) is 2.79. The molecule has 0 saturated heterocycles. The highest BCUT2D eigenvalue weighted by atomic mass is 79.9. The maximum Gasteiger partial charge on any atom is 0.131 e. The van der Waals surface area contributed by atoms with Crippen molar-refractivity contribution in [3.05, 3.63) is 67.5 Å². The normalized spacial score (nSPS) is 12.8. The van der Waals surface area contributed by atoms with Gasteiger partial charge in [-0.05, 0) is 39.0 Å². The van der Waals surface area contributed by atoms with Gasteiger partial charge in [0.25, 0.3) is 0 Å². The molecule has 2 aromatic carbocycles. The Morgan fingerprint density at radius 2 is 1.80 bits per heavy atom. The summed E-state index contributed by atoms with van der Waals surface area (Å²) in [6.07, 6.45) is 0. The van der Waals surface area contributed by atoms with Gasteiger partial charge in [-0.3, -0.25) is 0 Å². The molecule has 20 heavy (non-hydrogen) atoms. The number of thiophene rings is 1. The number of benzene rings is 2. The Balaban J connectivity index is 2.17. The van der Waals surface area contributed by atoms with Gasteiger partial charge in [-0.25, -0.2) is 4.39 Å². The largest absolute Gasteiger partial charge is 0.206 e. The molecular formula is C15H8Br2ClFS. The minimum atomic E-state index is -0.200. The number of halogens is 4. The molecular weight excluding hydrogens is 426 g/mol. The predicted molar refractivity (Wildman–Crippen MR) is 91.7 cm³/mol. The molecule has 1 atom stereocenters. The van der Waals surface area contributed by atoms with Crippen LogP contribution in [0.15, 0.2) is 46.3 Å². The second kappa shape index (κ2) is 5.76. The van der Waals surface area contributed by atoms with E-state index in [0.717, 1.165) is 19.6 Å². The first-order chi connectivity index (χ1) is 9.58. The molecule has 1 unspecified atom stereocenters. The van der Waals surface area contributed by atoms with Crippen LogP contribution < -0.4 is 0 Å². The summed E-state index contributed by atoms with van der Waals surface area (Å²) in [6, 6.07) is 12.7. The topological polar surface area (TPSA) is 0 Å². The van der Waals surface area contributed by atoms with Gasteiger partial charge in [0.1, 0.15) is 5.82 Å². The van der Waals surface area contributed by atoms with Crippen molar-refractivity contribution in [2.45, 2.75) is 4.83 Å². The summed E-state index contributed by atoms with van der Waals surface area (Å²) in [4.78, 5) is 1.07. The zero-order chi connectivity index (χ0) is 14.3. The number of hydrogen-bond acceptors (Lipinski definition) is 1. The molecule has 0 spiro atoms. The van der Waals surface area contributed by atoms with Gasteiger partial charge in [0.05, 0.1) is 13.6 Å². The van der Waals surface area contributed by atoms with E-state index in [1.165, 1.54) is 6.07 Å². The Kier molecular flexibility index (Phi) is 4.18. The smallest absolute Gasteiger partial charge is 0.131 e. The lowest BCUT2D eigenvalue weighted by molar-refractivity contribution is 0.639. The second-order valence-corrected chi connectivity index (χ2v) is 8.04. The highest BCUT2D eigenvalue weighted by Crippen LogP contribution is 2.43. The first-order valence-electron chi connectivity index (χ1n) is 5.84. The van der Waals surface area contributed by atoms with Crippen molar-refractivity contribution >= 4 is 65.6 Å². The monoisotopic (exact) mass is 432 g/mol. The standard InChI is InChI=1S/C15H8Br2ClFS/c16-14(13-7-11(18)15(17)20-13)10-5-6-12(19)9-4-2-1-3-8(9)10/h1-7,14H. The molecule has 0 aliphatic heterocycles. The highest BCUT2D eigenvalue weighted by Gasteiger charge is 2.18. The van der Waals surface area contributed by atoms with E-state index in [9.17, 15) is 4.39 Å². The van der Waals surface area contributed by atoms with E-state index in [1.807, 2.05) is 30.3 Å². The summed E-state index contributed by atoms with van der Waals surface area (Å²) in [5.74, 6) is -0.200. The molecule has 3 aromatic rings. The van der Waals surface area contributed by atoms with Crippen LogP contribution in [0.4, 0.5) is 4.39 Å². The van der Waals surface area contributed by atoms with Crippen molar-refractivity contribution in [2.75, 3.05) is 0 Å². The van der Waals surface area contributed by atoms with E-state index in [4.69, 9.17) is 11.6 Å². The van der Waals surface area contributed by atoms with Crippen LogP contribution in [0.1, 0.15) is 15.3 Å². The zero-order valence-electron chi connectivity index (χ0n) is 10.0. The summed E-state index contributed by atoms with van der Waals surface area (Å²) in [5, 5.41) is 2.24. The number of fused-ring (bicyclic) bond motifs is 1. The van der Waals surface area contributed by atoms with Gasteiger partial charge >= 0.3 is 0 Å². The zero-order valence-corrected chi connectivity index (χ0v) is 14.8. The van der Waals surface area contributed by atoms with Gasteiger partial charge in [0.2, 0.25) is 0 Å². The van der Waals surface area contributed by atoms with Gasteiger partial charge in [-0.2, -0.15) is 0 Å². The third kappa shape index (κ3) is 2.54. The Morgan fingerprint density at radius 3 is 2.45 bits per heavy atom. The van der Waals surface area contributed by atoms with Crippen LogP contribution in [0.5, 0.6) is 0 Å². The quantitative estimate of drug-likeness (QED) is 0.383. The molecule has 0 bridgehead atoms. The minimum absolute atomic E-state index is 0.0122. The fraction of sp³-hybridized carbons (Fsp3) is 0.0667. The molecule has 102 valence electrons. The van der Waals surface area contributed by atoms with Gasteiger partial charge in [0.15, 0.2) is 0 Å². The molecule has 0 N–H and O–H groups in total. The average molecular weight is 435 g/mol. The fourth-order valence-electron chi connectivity index (χ4n) is 2.15. The van der Waals surface area contributed by atoms with Crippen LogP contribution in [-0.2, 0) is 0 Å². The summed E-state index contributed by atoms with van der Waals surface area (Å²) in [7, 11) is 0. The Morgan fingerprint density at radius 1 is 1.10 bits per heavy atom. The van der Waals surface area contributed by atoms with Crippen LogP contribution in [0.2, 0.25) is 5.02 Å². The van der Waals surface area contributed by atoms with Crippen LogP contribution >= 0.6 is 54.8 Å². The lowest BCUT2D eigenvalue weighted by atomic mass is 10.0. The molecule has 1 aromatic heterocycles. The van der Waals surface area contributed by atoms with Crippen molar-refractivity contribution in [3.63, 3.8) is 0 Å². The maximum absolute atomic E-state index is 13.9. The third-order valence-electron chi connectivity index (χ3n) is 3.09. The lowest BCUT2D eigenvalue weighted by Crippen LogP contribution is -1.93. The van der Waals surface area contributed by atoms with E-state index in [1.54, 1.807) is 17.4 Å². The van der Waals surface area contributed by atoms with E-state index < -0.39 is 0 Å². The van der Waals surface area contributed by atoms with Crippen LogP contribution in [-0.4, -0.2) is 0 Å². The number of hydrogen-bond donors (Lipinski definition) is 0. The van der Waals surface area contributed by atoms with E-state index in [0.29, 0.717) is 10.4 Å². The Hall–Kier alpha value is -0.420. The van der Waals surface area contributed by atoms with Crippen molar-refractivity contribution in [1.82, 2.24) is 0 Å². The van der Waals surface area contributed by atoms with E-state index >= 15 is 0 Å². The molecule has 1 heterocycles. The van der Waals surface area contributed by atoms with Crippen molar-refractivity contribution in [2.24, 2.45) is 0 Å². The van der Waals surface area contributed by atoms with Crippen LogP contribution in [0.3, 0.4) is 0 Å². The SMILES string of the molecule is Fc1ccc(C(Br)c2cc(Cl)c(Br)s2)c2ccccc12. The highest BCUT2D eigenvalue weighted by molar-refractivity contribution is 9.11. The molecule has 0 fully saturated rings. The maximum atomic E-state index is 13.9. The van der Waals surface area contributed by atoms with E-state index in [2.05, 4.69) is 31.9 Å². The Labute approximate surface area is 141 Å². The third-order valence-corrected chi connectivity index (χ3v) is 6.92. The minimum Gasteiger partial charge on any atom is -0.206 e. The summed E-state index contributed by atoms with van der Waals surface area (Å²) in [5.41, 5.74) is 1.03. The molecule has 0 aliphatic rings. The van der Waals surface area contributed by atoms with Gasteiger partial charge in [-0.1, -0.05) is 57.9 Å². The number of alkyl halides is 1. The van der Waals surface area contributed by atoms with Crippen molar-refractivity contribution < 1.29 is 4.39 Å². The van der Waals surface area contributed by atoms with Crippen molar-refractivity contribution in [1.29, 1.82) is 0 Å². The second-order valence-electron chi connectivity index (χ2n) is 4.32. The van der Waals surface area contributed by atoms with Gasteiger partial charge in [-0.15, -0.1) is 11.3 Å². The molecule has 0 aliphatic carbocycles. The lowest BCUT2D eigenvalue weighted by Gasteiger charge is -2.12. The summed E-state index contributed by atoms with van der Waals surface area (Å²) in [6.45, 7) is 0. The molecule has 3 rings (SSSR count). The van der Waals surface area contributed by atoms with Gasteiger partial charge < -0.3 is 0 Å². The van der Waals surface area contributed by atoms with Crippen LogP contribution in [0, 0.1) is 5.82 Å². The number of rotatable bonds is 2. The van der Waals surface area contributed by atoms with E-state index in [-0.39, 0.29) is 10.6 Å². The molecule has 0 nitrogen and oxygen atoms in total. The van der Waals surface area contributed by atoms with Crippen LogP contribution in [0.25, 0.3) is 10.8 Å². The Bertz CT molecular complexity index is 765. The molecule has 5 heteroatoms. The summed E-state index contributed by atoms with van der Waals surface area (Å²) < 4.78 is 14.8. The predicted octanol–water partition coefficient (Wildman–Crippen LogP) is 6.94. The molecule has 0 radical (unpaired) electrons. The van der Waals surface area contributed by atoms with Crippen molar-refractivity contribution in [3.8, 4) is 0 Å². The molecule has 0 saturated carbocycles. The first kappa shape index (κ1) is 14.5. The van der Waals surface area contributed by atoms with Gasteiger partial charge in [0, 0.05) is 10.3 Å². The molecule has 0 amide bonds. The first-order valence-corrected chi connectivity index (χ1v) is 8.74. The summed E-state index contributed by atoms with van der Waals surface area (Å²) >= 11 is 14.8.